The minimum Gasteiger partial charge on any atom is -0.291 e. The van der Waals surface area contributed by atoms with E-state index in [0.717, 1.165) is 25.1 Å². The van der Waals surface area contributed by atoms with Crippen molar-refractivity contribution in [3.05, 3.63) is 47.3 Å². The molecular weight excluding hydrogens is 310 g/mol. The van der Waals surface area contributed by atoms with Crippen LogP contribution >= 0.6 is 0 Å². The highest BCUT2D eigenvalue weighted by Gasteiger charge is 2.26. The van der Waals surface area contributed by atoms with Crippen LogP contribution in [0.4, 0.5) is 0 Å². The maximum Gasteiger partial charge on any atom is 0.175 e. The lowest BCUT2D eigenvalue weighted by Gasteiger charge is -2.35. The van der Waals surface area contributed by atoms with Crippen LogP contribution in [0.2, 0.25) is 0 Å². The van der Waals surface area contributed by atoms with Crippen LogP contribution in [-0.2, 0) is 16.4 Å². The van der Waals surface area contributed by atoms with Gasteiger partial charge in [0.15, 0.2) is 9.84 Å². The van der Waals surface area contributed by atoms with Gasteiger partial charge in [-0.1, -0.05) is 18.6 Å². The summed E-state index contributed by atoms with van der Waals surface area (Å²) < 4.78 is 23.1. The second kappa shape index (κ2) is 6.45. The lowest BCUT2D eigenvalue weighted by Crippen LogP contribution is -2.33. The van der Waals surface area contributed by atoms with Gasteiger partial charge in [-0.15, -0.1) is 0 Å². The number of benzene rings is 1. The highest BCUT2D eigenvalue weighted by Crippen LogP contribution is 2.32. The number of nitrogens with one attached hydrogen (secondary N) is 1. The van der Waals surface area contributed by atoms with Crippen LogP contribution < -0.4 is 0 Å². The van der Waals surface area contributed by atoms with E-state index in [4.69, 9.17) is 0 Å². The fourth-order valence-electron chi connectivity index (χ4n) is 3.28. The maximum absolute atomic E-state index is 11.6. The first kappa shape index (κ1) is 16.2. The summed E-state index contributed by atoms with van der Waals surface area (Å²) in [6.07, 6.45) is 6.68. The molecule has 6 heteroatoms. The molecule has 0 radical (unpaired) electrons. The Bertz CT molecular complexity index is 765. The van der Waals surface area contributed by atoms with Crippen molar-refractivity contribution in [1.29, 1.82) is 0 Å². The minimum absolute atomic E-state index is 0.362. The Morgan fingerprint density at radius 2 is 2.00 bits per heavy atom. The van der Waals surface area contributed by atoms with Crippen LogP contribution in [-0.4, -0.2) is 36.3 Å². The van der Waals surface area contributed by atoms with Gasteiger partial charge in [0.2, 0.25) is 0 Å². The van der Waals surface area contributed by atoms with Gasteiger partial charge >= 0.3 is 0 Å². The van der Waals surface area contributed by atoms with E-state index in [9.17, 15) is 8.42 Å². The first-order valence-corrected chi connectivity index (χ1v) is 9.87. The van der Waals surface area contributed by atoms with Crippen molar-refractivity contribution in [2.24, 2.45) is 0 Å². The number of H-pyrrole nitrogens is 1. The molecule has 1 fully saturated rings. The molecule has 1 N–H and O–H groups in total. The molecule has 1 atom stereocenters. The van der Waals surface area contributed by atoms with Gasteiger partial charge in [-0.2, -0.15) is 5.10 Å². The molecule has 0 unspecified atom stereocenters. The fourth-order valence-corrected chi connectivity index (χ4v) is 3.91. The molecule has 0 saturated carbocycles. The van der Waals surface area contributed by atoms with Crippen molar-refractivity contribution in [3.8, 4) is 0 Å². The molecule has 124 valence electrons. The van der Waals surface area contributed by atoms with Crippen LogP contribution in [0.5, 0.6) is 0 Å². The molecule has 1 aliphatic rings. The summed E-state index contributed by atoms with van der Waals surface area (Å²) in [4.78, 5) is 2.83. The van der Waals surface area contributed by atoms with Crippen molar-refractivity contribution in [1.82, 2.24) is 15.1 Å². The van der Waals surface area contributed by atoms with Gasteiger partial charge < -0.3 is 0 Å². The molecule has 1 aromatic heterocycles. The van der Waals surface area contributed by atoms with Crippen molar-refractivity contribution >= 4 is 9.84 Å². The molecule has 3 rings (SSSR count). The molecule has 0 aliphatic carbocycles. The molecule has 5 nitrogen and oxygen atoms in total. The zero-order valence-electron chi connectivity index (χ0n) is 13.6. The van der Waals surface area contributed by atoms with Gasteiger partial charge in [0.1, 0.15) is 0 Å². The number of sulfone groups is 1. The first-order valence-electron chi connectivity index (χ1n) is 7.98. The lowest BCUT2D eigenvalue weighted by atomic mass is 9.97. The number of aryl methyl sites for hydroxylation is 1. The van der Waals surface area contributed by atoms with Gasteiger partial charge in [0, 0.05) is 12.8 Å². The molecule has 2 heterocycles. The average molecular weight is 333 g/mol. The SMILES string of the molecule is Cc1cn[nH]c1[C@@H]1CCCCN1Cc1ccc(S(C)(=O)=O)cc1. The number of aromatic nitrogens is 2. The predicted molar refractivity (Wildman–Crippen MR) is 89.9 cm³/mol. The van der Waals surface area contributed by atoms with Gasteiger partial charge in [0.25, 0.3) is 0 Å². The highest BCUT2D eigenvalue weighted by molar-refractivity contribution is 7.90. The summed E-state index contributed by atoms with van der Waals surface area (Å²) in [6.45, 7) is 3.97. The number of likely N-dealkylation sites (tertiary alicyclic amines) is 1. The van der Waals surface area contributed by atoms with Crippen molar-refractivity contribution < 1.29 is 8.42 Å². The minimum atomic E-state index is -3.13. The molecule has 1 aromatic carbocycles. The van der Waals surface area contributed by atoms with Gasteiger partial charge in [-0.25, -0.2) is 8.42 Å². The third kappa shape index (κ3) is 3.64. The van der Waals surface area contributed by atoms with Crippen molar-refractivity contribution in [3.63, 3.8) is 0 Å². The monoisotopic (exact) mass is 333 g/mol. The predicted octanol–water partition coefficient (Wildman–Crippen LogP) is 2.85. The lowest BCUT2D eigenvalue weighted by molar-refractivity contribution is 0.136. The molecule has 23 heavy (non-hydrogen) atoms. The van der Waals surface area contributed by atoms with Crippen LogP contribution in [0.1, 0.15) is 42.1 Å². The Kier molecular flexibility index (Phi) is 4.55. The molecule has 1 aliphatic heterocycles. The van der Waals surface area contributed by atoms with Crippen molar-refractivity contribution in [2.75, 3.05) is 12.8 Å². The smallest absolute Gasteiger partial charge is 0.175 e. The summed E-state index contributed by atoms with van der Waals surface area (Å²) >= 11 is 0. The standard InChI is InChI=1S/C17H23N3O2S/c1-13-11-18-19-17(13)16-5-3-4-10-20(16)12-14-6-8-15(9-7-14)23(2,21)22/h6-9,11,16H,3-5,10,12H2,1-2H3,(H,18,19)/t16-/m0/s1. The van der Waals surface area contributed by atoms with Crippen molar-refractivity contribution in [2.45, 2.75) is 43.7 Å². The Labute approximate surface area is 137 Å². The van der Waals surface area contributed by atoms with Gasteiger partial charge in [0.05, 0.1) is 22.8 Å². The van der Waals surface area contributed by atoms with E-state index in [1.165, 1.54) is 30.4 Å². The zero-order chi connectivity index (χ0) is 16.4. The topological polar surface area (TPSA) is 66.1 Å². The molecule has 2 aromatic rings. The van der Waals surface area contributed by atoms with E-state index in [1.807, 2.05) is 18.3 Å². The van der Waals surface area contributed by atoms with E-state index in [1.54, 1.807) is 12.1 Å². The first-order chi connectivity index (χ1) is 10.9. The quantitative estimate of drug-likeness (QED) is 0.934. The van der Waals surface area contributed by atoms with Crippen LogP contribution in [0, 0.1) is 6.92 Å². The summed E-state index contributed by atoms with van der Waals surface area (Å²) in [5.74, 6) is 0. The zero-order valence-corrected chi connectivity index (χ0v) is 14.4. The number of hydrogen-bond donors (Lipinski definition) is 1. The third-order valence-electron chi connectivity index (χ3n) is 4.55. The number of aromatic amines is 1. The van der Waals surface area contributed by atoms with Crippen LogP contribution in [0.15, 0.2) is 35.4 Å². The largest absolute Gasteiger partial charge is 0.291 e. The fraction of sp³-hybridized carbons (Fsp3) is 0.471. The third-order valence-corrected chi connectivity index (χ3v) is 5.68. The summed E-state index contributed by atoms with van der Waals surface area (Å²) in [5.41, 5.74) is 3.55. The second-order valence-corrected chi connectivity index (χ2v) is 8.38. The Morgan fingerprint density at radius 1 is 1.26 bits per heavy atom. The Balaban J connectivity index is 1.78. The average Bonchev–Trinajstić information content (AvgIpc) is 2.93. The van der Waals surface area contributed by atoms with E-state index >= 15 is 0 Å². The summed E-state index contributed by atoms with van der Waals surface area (Å²) in [6, 6.07) is 7.60. The second-order valence-electron chi connectivity index (χ2n) is 6.36. The van der Waals surface area contributed by atoms with Crippen LogP contribution in [0.3, 0.4) is 0 Å². The Morgan fingerprint density at radius 3 is 2.61 bits per heavy atom. The Hall–Kier alpha value is -1.66. The molecule has 1 saturated heterocycles. The highest BCUT2D eigenvalue weighted by atomic mass is 32.2. The van der Waals surface area contributed by atoms with E-state index in [-0.39, 0.29) is 0 Å². The molecule has 0 bridgehead atoms. The van der Waals surface area contributed by atoms with E-state index < -0.39 is 9.84 Å². The van der Waals surface area contributed by atoms with E-state index in [0.29, 0.717) is 10.9 Å². The summed E-state index contributed by atoms with van der Waals surface area (Å²) in [5, 5.41) is 7.31. The normalized spacial score (nSPS) is 19.8. The van der Waals surface area contributed by atoms with Gasteiger partial charge in [-0.05, 0) is 49.6 Å². The molecule has 0 spiro atoms. The summed E-state index contributed by atoms with van der Waals surface area (Å²) in [7, 11) is -3.13. The molecular formula is C17H23N3O2S. The van der Waals surface area contributed by atoms with E-state index in [2.05, 4.69) is 22.0 Å². The maximum atomic E-state index is 11.6. The number of piperidine rings is 1. The van der Waals surface area contributed by atoms with Gasteiger partial charge in [-0.3, -0.25) is 10.00 Å². The number of rotatable bonds is 4. The number of nitrogens with zero attached hydrogens (tertiary/aromatic N) is 2. The van der Waals surface area contributed by atoms with Crippen LogP contribution in [0.25, 0.3) is 0 Å². The number of hydrogen-bond acceptors (Lipinski definition) is 4. The molecule has 0 amide bonds.